The molecule has 0 saturated carbocycles. The molecule has 0 fully saturated rings. The molecule has 1 atom stereocenters. The SMILES string of the molecule is CCC1(C)C=CC(C)=CN=C1. The molecule has 60 valence electrons. The van der Waals surface area contributed by atoms with Gasteiger partial charge in [-0.1, -0.05) is 26.0 Å². The van der Waals surface area contributed by atoms with E-state index in [1.165, 1.54) is 5.57 Å². The van der Waals surface area contributed by atoms with Gasteiger partial charge in [-0.15, -0.1) is 0 Å². The Labute approximate surface area is 68.5 Å². The minimum atomic E-state index is 0.161. The maximum Gasteiger partial charge on any atom is 0.0293 e. The van der Waals surface area contributed by atoms with Gasteiger partial charge < -0.3 is 0 Å². The van der Waals surface area contributed by atoms with Crippen LogP contribution in [0.3, 0.4) is 0 Å². The van der Waals surface area contributed by atoms with Crippen LogP contribution in [0.25, 0.3) is 0 Å². The summed E-state index contributed by atoms with van der Waals surface area (Å²) in [5, 5.41) is 0. The van der Waals surface area contributed by atoms with E-state index in [0.717, 1.165) is 6.42 Å². The van der Waals surface area contributed by atoms with Gasteiger partial charge in [-0.25, -0.2) is 0 Å². The topological polar surface area (TPSA) is 12.4 Å². The number of hydrogen-bond donors (Lipinski definition) is 0. The number of allylic oxidation sites excluding steroid dienone is 3. The van der Waals surface area contributed by atoms with Crippen LogP contribution < -0.4 is 0 Å². The molecular formula is C10H15N. The molecular weight excluding hydrogens is 134 g/mol. The molecule has 0 radical (unpaired) electrons. The minimum Gasteiger partial charge on any atom is -0.268 e. The monoisotopic (exact) mass is 149 g/mol. The fourth-order valence-electron chi connectivity index (χ4n) is 0.942. The Morgan fingerprint density at radius 3 is 2.91 bits per heavy atom. The van der Waals surface area contributed by atoms with E-state index in [4.69, 9.17) is 0 Å². The second kappa shape index (κ2) is 3.04. The lowest BCUT2D eigenvalue weighted by molar-refractivity contribution is 0.587. The van der Waals surface area contributed by atoms with Crippen molar-refractivity contribution in [1.82, 2.24) is 0 Å². The molecule has 0 aromatic rings. The lowest BCUT2D eigenvalue weighted by Gasteiger charge is -2.16. The average molecular weight is 149 g/mol. The quantitative estimate of drug-likeness (QED) is 0.543. The Morgan fingerprint density at radius 1 is 1.55 bits per heavy atom. The van der Waals surface area contributed by atoms with Crippen LogP contribution in [0, 0.1) is 5.41 Å². The summed E-state index contributed by atoms with van der Waals surface area (Å²) in [4.78, 5) is 4.23. The molecule has 1 aliphatic rings. The summed E-state index contributed by atoms with van der Waals surface area (Å²) < 4.78 is 0. The average Bonchev–Trinajstić information content (AvgIpc) is 2.15. The maximum atomic E-state index is 4.23. The molecule has 1 heteroatoms. The van der Waals surface area contributed by atoms with E-state index in [-0.39, 0.29) is 5.41 Å². The molecule has 1 nitrogen and oxygen atoms in total. The van der Waals surface area contributed by atoms with Gasteiger partial charge in [-0.05, 0) is 18.9 Å². The van der Waals surface area contributed by atoms with Gasteiger partial charge in [0.05, 0.1) is 0 Å². The smallest absolute Gasteiger partial charge is 0.0293 e. The summed E-state index contributed by atoms with van der Waals surface area (Å²) >= 11 is 0. The third-order valence-electron chi connectivity index (χ3n) is 2.14. The zero-order chi connectivity index (χ0) is 8.32. The lowest BCUT2D eigenvalue weighted by atomic mass is 9.88. The first kappa shape index (κ1) is 8.25. The van der Waals surface area contributed by atoms with Gasteiger partial charge in [0.25, 0.3) is 0 Å². The summed E-state index contributed by atoms with van der Waals surface area (Å²) in [5.74, 6) is 0. The van der Waals surface area contributed by atoms with Crippen LogP contribution in [0.2, 0.25) is 0 Å². The fourth-order valence-corrected chi connectivity index (χ4v) is 0.942. The summed E-state index contributed by atoms with van der Waals surface area (Å²) in [6.07, 6.45) is 9.37. The zero-order valence-electron chi connectivity index (χ0n) is 7.46. The first-order valence-corrected chi connectivity index (χ1v) is 4.07. The maximum absolute atomic E-state index is 4.23. The molecule has 0 aromatic carbocycles. The highest BCUT2D eigenvalue weighted by molar-refractivity contribution is 5.69. The van der Waals surface area contributed by atoms with Crippen molar-refractivity contribution in [2.24, 2.45) is 10.4 Å². The van der Waals surface area contributed by atoms with E-state index < -0.39 is 0 Å². The van der Waals surface area contributed by atoms with Crippen LogP contribution in [-0.2, 0) is 0 Å². The molecule has 1 rings (SSSR count). The van der Waals surface area contributed by atoms with Gasteiger partial charge in [0.15, 0.2) is 0 Å². The molecule has 0 bridgehead atoms. The summed E-state index contributed by atoms with van der Waals surface area (Å²) in [7, 11) is 0. The minimum absolute atomic E-state index is 0.161. The van der Waals surface area contributed by atoms with Gasteiger partial charge in [0, 0.05) is 17.8 Å². The molecule has 0 aliphatic carbocycles. The highest BCUT2D eigenvalue weighted by atomic mass is 14.7. The van der Waals surface area contributed by atoms with E-state index in [1.54, 1.807) is 0 Å². The van der Waals surface area contributed by atoms with Crippen molar-refractivity contribution >= 4 is 6.21 Å². The third-order valence-corrected chi connectivity index (χ3v) is 2.14. The number of nitrogens with zero attached hydrogens (tertiary/aromatic N) is 1. The van der Waals surface area contributed by atoms with Gasteiger partial charge in [0.2, 0.25) is 0 Å². The van der Waals surface area contributed by atoms with Crippen LogP contribution in [0.15, 0.2) is 28.9 Å². The Balaban J connectivity index is 2.86. The molecule has 0 spiro atoms. The third kappa shape index (κ3) is 2.04. The van der Waals surface area contributed by atoms with Crippen molar-refractivity contribution in [2.45, 2.75) is 27.2 Å². The Kier molecular flexibility index (Phi) is 2.28. The van der Waals surface area contributed by atoms with Gasteiger partial charge >= 0.3 is 0 Å². The molecule has 0 N–H and O–H groups in total. The Hall–Kier alpha value is -0.850. The number of hydrogen-bond acceptors (Lipinski definition) is 1. The molecule has 0 saturated heterocycles. The van der Waals surface area contributed by atoms with Crippen LogP contribution in [0.1, 0.15) is 27.2 Å². The molecule has 0 amide bonds. The van der Waals surface area contributed by atoms with Crippen molar-refractivity contribution in [1.29, 1.82) is 0 Å². The predicted octanol–water partition coefficient (Wildman–Crippen LogP) is 2.95. The summed E-state index contributed by atoms with van der Waals surface area (Å²) in [6, 6.07) is 0. The van der Waals surface area contributed by atoms with Gasteiger partial charge in [-0.2, -0.15) is 0 Å². The summed E-state index contributed by atoms with van der Waals surface area (Å²) in [5.41, 5.74) is 1.38. The first-order chi connectivity index (χ1) is 5.16. The fraction of sp³-hybridized carbons (Fsp3) is 0.500. The normalized spacial score (nSPS) is 29.9. The zero-order valence-corrected chi connectivity index (χ0v) is 7.46. The highest BCUT2D eigenvalue weighted by Gasteiger charge is 2.15. The van der Waals surface area contributed by atoms with Crippen LogP contribution in [0.4, 0.5) is 0 Å². The van der Waals surface area contributed by atoms with E-state index in [1.807, 2.05) is 12.4 Å². The largest absolute Gasteiger partial charge is 0.268 e. The van der Waals surface area contributed by atoms with Crippen LogP contribution >= 0.6 is 0 Å². The number of rotatable bonds is 1. The molecule has 0 aromatic heterocycles. The van der Waals surface area contributed by atoms with Crippen molar-refractivity contribution in [3.8, 4) is 0 Å². The second-order valence-electron chi connectivity index (χ2n) is 3.34. The summed E-state index contributed by atoms with van der Waals surface area (Å²) in [6.45, 7) is 6.44. The highest BCUT2D eigenvalue weighted by Crippen LogP contribution is 2.22. The number of aliphatic imine (C=N–C) groups is 1. The predicted molar refractivity (Wildman–Crippen MR) is 49.8 cm³/mol. The molecule has 1 aliphatic heterocycles. The van der Waals surface area contributed by atoms with Gasteiger partial charge in [-0.3, -0.25) is 4.99 Å². The lowest BCUT2D eigenvalue weighted by Crippen LogP contribution is -2.12. The first-order valence-electron chi connectivity index (χ1n) is 4.07. The standard InChI is InChI=1S/C10H15N/c1-4-10(3)6-5-9(2)7-11-8-10/h5-8H,4H2,1-3H3. The van der Waals surface area contributed by atoms with Crippen molar-refractivity contribution in [2.75, 3.05) is 0 Å². The Morgan fingerprint density at radius 2 is 2.27 bits per heavy atom. The molecule has 1 heterocycles. The van der Waals surface area contributed by atoms with Crippen LogP contribution in [0.5, 0.6) is 0 Å². The van der Waals surface area contributed by atoms with Crippen molar-refractivity contribution in [3.05, 3.63) is 23.9 Å². The van der Waals surface area contributed by atoms with Gasteiger partial charge in [0.1, 0.15) is 0 Å². The Bertz CT molecular complexity index is 223. The van der Waals surface area contributed by atoms with Crippen LogP contribution in [-0.4, -0.2) is 6.21 Å². The van der Waals surface area contributed by atoms with Crippen molar-refractivity contribution in [3.63, 3.8) is 0 Å². The molecule has 11 heavy (non-hydrogen) atoms. The van der Waals surface area contributed by atoms with Crippen molar-refractivity contribution < 1.29 is 0 Å². The van der Waals surface area contributed by atoms with E-state index in [0.29, 0.717) is 0 Å². The van der Waals surface area contributed by atoms with E-state index in [9.17, 15) is 0 Å². The second-order valence-corrected chi connectivity index (χ2v) is 3.34. The van der Waals surface area contributed by atoms with E-state index in [2.05, 4.69) is 37.9 Å². The molecule has 1 unspecified atom stereocenters. The van der Waals surface area contributed by atoms with E-state index >= 15 is 0 Å².